The van der Waals surface area contributed by atoms with Gasteiger partial charge in [-0.1, -0.05) is 6.92 Å². The number of ketones is 1. The van der Waals surface area contributed by atoms with E-state index in [2.05, 4.69) is 6.92 Å². The standard InChI is InChI=1S/C14H24O4/c1-3-17-14(16)9-6-12(15)10-18-13-7-4-11(2)5-8-13/h11,13H,3-10H2,1-2H3. The Bertz CT molecular complexity index is 267. The van der Waals surface area contributed by atoms with Crippen LogP contribution in [0.15, 0.2) is 0 Å². The van der Waals surface area contributed by atoms with Crippen molar-refractivity contribution in [2.45, 2.75) is 58.5 Å². The molecule has 18 heavy (non-hydrogen) atoms. The number of carbonyl (C=O) groups excluding carboxylic acids is 2. The minimum atomic E-state index is -0.308. The van der Waals surface area contributed by atoms with Gasteiger partial charge in [-0.15, -0.1) is 0 Å². The van der Waals surface area contributed by atoms with E-state index >= 15 is 0 Å². The fraction of sp³-hybridized carbons (Fsp3) is 0.857. The lowest BCUT2D eigenvalue weighted by molar-refractivity contribution is -0.144. The molecule has 1 saturated carbocycles. The molecule has 0 unspecified atom stereocenters. The van der Waals surface area contributed by atoms with Crippen LogP contribution in [0.25, 0.3) is 0 Å². The van der Waals surface area contributed by atoms with E-state index in [1.165, 1.54) is 12.8 Å². The zero-order valence-electron chi connectivity index (χ0n) is 11.4. The van der Waals surface area contributed by atoms with Gasteiger partial charge in [-0.2, -0.15) is 0 Å². The van der Waals surface area contributed by atoms with E-state index in [0.29, 0.717) is 6.61 Å². The summed E-state index contributed by atoms with van der Waals surface area (Å²) in [4.78, 5) is 22.6. The maximum Gasteiger partial charge on any atom is 0.306 e. The van der Waals surface area contributed by atoms with Crippen molar-refractivity contribution >= 4 is 11.8 Å². The molecule has 0 aliphatic heterocycles. The predicted octanol–water partition coefficient (Wildman–Crippen LogP) is 2.49. The van der Waals surface area contributed by atoms with Crippen molar-refractivity contribution < 1.29 is 19.1 Å². The van der Waals surface area contributed by atoms with Crippen molar-refractivity contribution in [2.24, 2.45) is 5.92 Å². The first-order valence-electron chi connectivity index (χ1n) is 6.90. The van der Waals surface area contributed by atoms with Crippen LogP contribution in [0.3, 0.4) is 0 Å². The zero-order valence-corrected chi connectivity index (χ0v) is 11.4. The normalized spacial score (nSPS) is 23.7. The summed E-state index contributed by atoms with van der Waals surface area (Å²) in [5.41, 5.74) is 0. The first-order chi connectivity index (χ1) is 8.61. The van der Waals surface area contributed by atoms with Gasteiger partial charge in [0.25, 0.3) is 0 Å². The lowest BCUT2D eigenvalue weighted by Crippen LogP contribution is -2.23. The molecule has 0 aromatic heterocycles. The van der Waals surface area contributed by atoms with E-state index < -0.39 is 0 Å². The fourth-order valence-corrected chi connectivity index (χ4v) is 2.15. The van der Waals surface area contributed by atoms with Crippen LogP contribution in [0.2, 0.25) is 0 Å². The van der Waals surface area contributed by atoms with Gasteiger partial charge in [0.05, 0.1) is 19.1 Å². The van der Waals surface area contributed by atoms with Crippen LogP contribution < -0.4 is 0 Å². The van der Waals surface area contributed by atoms with E-state index in [1.807, 2.05) is 0 Å². The van der Waals surface area contributed by atoms with E-state index in [-0.39, 0.29) is 37.3 Å². The van der Waals surface area contributed by atoms with E-state index in [9.17, 15) is 9.59 Å². The van der Waals surface area contributed by atoms with Gasteiger partial charge in [-0.05, 0) is 38.5 Å². The maximum absolute atomic E-state index is 11.5. The van der Waals surface area contributed by atoms with Crippen molar-refractivity contribution in [2.75, 3.05) is 13.2 Å². The van der Waals surface area contributed by atoms with Crippen LogP contribution in [0.1, 0.15) is 52.4 Å². The fourth-order valence-electron chi connectivity index (χ4n) is 2.15. The second-order valence-corrected chi connectivity index (χ2v) is 5.04. The first kappa shape index (κ1) is 15.2. The van der Waals surface area contributed by atoms with E-state index in [0.717, 1.165) is 18.8 Å². The second-order valence-electron chi connectivity index (χ2n) is 5.04. The summed E-state index contributed by atoms with van der Waals surface area (Å²) in [6.07, 6.45) is 5.08. The monoisotopic (exact) mass is 256 g/mol. The molecule has 0 N–H and O–H groups in total. The smallest absolute Gasteiger partial charge is 0.306 e. The van der Waals surface area contributed by atoms with Gasteiger partial charge >= 0.3 is 5.97 Å². The molecule has 0 amide bonds. The summed E-state index contributed by atoms with van der Waals surface area (Å²) < 4.78 is 10.4. The summed E-state index contributed by atoms with van der Waals surface area (Å²) in [6, 6.07) is 0. The summed E-state index contributed by atoms with van der Waals surface area (Å²) in [7, 11) is 0. The Morgan fingerprint density at radius 1 is 1.11 bits per heavy atom. The van der Waals surface area contributed by atoms with Gasteiger partial charge in [-0.25, -0.2) is 0 Å². The van der Waals surface area contributed by atoms with Crippen molar-refractivity contribution in [3.8, 4) is 0 Å². The molecule has 0 aromatic rings. The van der Waals surface area contributed by atoms with Crippen LogP contribution >= 0.6 is 0 Å². The van der Waals surface area contributed by atoms with Crippen LogP contribution in [-0.4, -0.2) is 31.1 Å². The lowest BCUT2D eigenvalue weighted by atomic mass is 9.89. The largest absolute Gasteiger partial charge is 0.466 e. The summed E-state index contributed by atoms with van der Waals surface area (Å²) in [5, 5.41) is 0. The molecule has 1 aliphatic rings. The van der Waals surface area contributed by atoms with E-state index in [1.54, 1.807) is 6.92 Å². The van der Waals surface area contributed by atoms with Crippen LogP contribution in [-0.2, 0) is 19.1 Å². The maximum atomic E-state index is 11.5. The molecule has 0 spiro atoms. The molecule has 104 valence electrons. The zero-order chi connectivity index (χ0) is 13.4. The van der Waals surface area contributed by atoms with Gasteiger partial charge in [0.1, 0.15) is 6.61 Å². The third kappa shape index (κ3) is 6.15. The Kier molecular flexibility index (Phi) is 6.94. The van der Waals surface area contributed by atoms with Crippen molar-refractivity contribution in [1.82, 2.24) is 0 Å². The molecule has 0 atom stereocenters. The third-order valence-electron chi connectivity index (χ3n) is 3.36. The van der Waals surface area contributed by atoms with Crippen molar-refractivity contribution in [3.05, 3.63) is 0 Å². The molecule has 1 rings (SSSR count). The summed E-state index contributed by atoms with van der Waals surface area (Å²) >= 11 is 0. The Morgan fingerprint density at radius 3 is 2.39 bits per heavy atom. The number of carbonyl (C=O) groups is 2. The minimum absolute atomic E-state index is 0.0123. The number of hydrogen-bond acceptors (Lipinski definition) is 4. The number of Topliss-reactive ketones (excluding diaryl/α,β-unsaturated/α-hetero) is 1. The summed E-state index contributed by atoms with van der Waals surface area (Å²) in [5.74, 6) is 0.461. The molecule has 4 nitrogen and oxygen atoms in total. The van der Waals surface area contributed by atoms with E-state index in [4.69, 9.17) is 9.47 Å². The number of rotatable bonds is 7. The Morgan fingerprint density at radius 2 is 1.78 bits per heavy atom. The molecule has 0 radical (unpaired) electrons. The number of hydrogen-bond donors (Lipinski definition) is 0. The molecule has 4 heteroatoms. The molecule has 0 heterocycles. The van der Waals surface area contributed by atoms with Crippen LogP contribution in [0.5, 0.6) is 0 Å². The average Bonchev–Trinajstić information content (AvgIpc) is 2.36. The SMILES string of the molecule is CCOC(=O)CCC(=O)COC1CCC(C)CC1. The van der Waals surface area contributed by atoms with Gasteiger partial charge in [0, 0.05) is 6.42 Å². The Hall–Kier alpha value is -0.900. The Labute approximate surface area is 109 Å². The third-order valence-corrected chi connectivity index (χ3v) is 3.36. The Balaban J connectivity index is 2.08. The van der Waals surface area contributed by atoms with Crippen LogP contribution in [0.4, 0.5) is 0 Å². The summed E-state index contributed by atoms with van der Waals surface area (Å²) in [6.45, 7) is 4.51. The lowest BCUT2D eigenvalue weighted by Gasteiger charge is -2.25. The first-order valence-corrected chi connectivity index (χ1v) is 6.90. The molecular weight excluding hydrogens is 232 g/mol. The van der Waals surface area contributed by atoms with Crippen molar-refractivity contribution in [3.63, 3.8) is 0 Å². The molecular formula is C14H24O4. The highest BCUT2D eigenvalue weighted by Crippen LogP contribution is 2.25. The highest BCUT2D eigenvalue weighted by molar-refractivity contribution is 5.83. The minimum Gasteiger partial charge on any atom is -0.466 e. The van der Waals surface area contributed by atoms with Gasteiger partial charge in [0.15, 0.2) is 5.78 Å². The number of ether oxygens (including phenoxy) is 2. The van der Waals surface area contributed by atoms with Gasteiger partial charge < -0.3 is 9.47 Å². The second kappa shape index (κ2) is 8.25. The van der Waals surface area contributed by atoms with Crippen LogP contribution in [0, 0.1) is 5.92 Å². The highest BCUT2D eigenvalue weighted by Gasteiger charge is 2.19. The van der Waals surface area contributed by atoms with Gasteiger partial charge in [0.2, 0.25) is 0 Å². The topological polar surface area (TPSA) is 52.6 Å². The average molecular weight is 256 g/mol. The quantitative estimate of drug-likeness (QED) is 0.657. The van der Waals surface area contributed by atoms with Crippen molar-refractivity contribution in [1.29, 1.82) is 0 Å². The predicted molar refractivity (Wildman–Crippen MR) is 68.2 cm³/mol. The molecule has 1 fully saturated rings. The van der Waals surface area contributed by atoms with Gasteiger partial charge in [-0.3, -0.25) is 9.59 Å². The number of esters is 1. The molecule has 1 aliphatic carbocycles. The molecule has 0 bridgehead atoms. The molecule has 0 aromatic carbocycles. The highest BCUT2D eigenvalue weighted by atomic mass is 16.5. The molecule has 0 saturated heterocycles.